The second kappa shape index (κ2) is 5.15. The SMILES string of the molecule is Fc1ccc2c(c1)[C@H]1CN(Cc3ccccc3)CC[C@@H]1N2. The summed E-state index contributed by atoms with van der Waals surface area (Å²) in [4.78, 5) is 2.48. The number of piperidine rings is 1. The van der Waals surface area contributed by atoms with Crippen LogP contribution in [0.2, 0.25) is 0 Å². The predicted molar refractivity (Wildman–Crippen MR) is 82.9 cm³/mol. The maximum absolute atomic E-state index is 13.5. The third-order valence-corrected chi connectivity index (χ3v) is 4.70. The zero-order valence-electron chi connectivity index (χ0n) is 11.9. The number of halogens is 1. The van der Waals surface area contributed by atoms with Gasteiger partial charge >= 0.3 is 0 Å². The fourth-order valence-corrected chi connectivity index (χ4v) is 3.66. The van der Waals surface area contributed by atoms with Gasteiger partial charge in [-0.2, -0.15) is 0 Å². The monoisotopic (exact) mass is 282 g/mol. The number of rotatable bonds is 2. The average molecular weight is 282 g/mol. The van der Waals surface area contributed by atoms with E-state index in [4.69, 9.17) is 0 Å². The third kappa shape index (κ3) is 2.42. The van der Waals surface area contributed by atoms with Gasteiger partial charge in [0.2, 0.25) is 0 Å². The Morgan fingerprint density at radius 1 is 1.14 bits per heavy atom. The molecule has 4 rings (SSSR count). The Labute approximate surface area is 124 Å². The van der Waals surface area contributed by atoms with E-state index >= 15 is 0 Å². The molecule has 2 aliphatic rings. The predicted octanol–water partition coefficient (Wildman–Crippen LogP) is 3.61. The molecular formula is C18H19FN2. The van der Waals surface area contributed by atoms with Crippen molar-refractivity contribution in [1.82, 2.24) is 4.90 Å². The molecule has 0 unspecified atom stereocenters. The van der Waals surface area contributed by atoms with E-state index in [0.717, 1.165) is 37.3 Å². The van der Waals surface area contributed by atoms with Gasteiger partial charge in [-0.05, 0) is 35.7 Å². The van der Waals surface area contributed by atoms with Crippen LogP contribution in [0.15, 0.2) is 48.5 Å². The molecule has 3 heteroatoms. The van der Waals surface area contributed by atoms with Crippen LogP contribution in [-0.2, 0) is 6.54 Å². The number of benzene rings is 2. The fourth-order valence-electron chi connectivity index (χ4n) is 3.66. The van der Waals surface area contributed by atoms with E-state index in [1.54, 1.807) is 12.1 Å². The molecule has 0 radical (unpaired) electrons. The minimum absolute atomic E-state index is 0.128. The van der Waals surface area contributed by atoms with Gasteiger partial charge in [0, 0.05) is 37.3 Å². The first-order valence-electron chi connectivity index (χ1n) is 7.62. The Morgan fingerprint density at radius 2 is 2.00 bits per heavy atom. The molecule has 2 heterocycles. The van der Waals surface area contributed by atoms with Gasteiger partial charge in [0.25, 0.3) is 0 Å². The van der Waals surface area contributed by atoms with Crippen molar-refractivity contribution in [2.75, 3.05) is 18.4 Å². The lowest BCUT2D eigenvalue weighted by molar-refractivity contribution is 0.194. The topological polar surface area (TPSA) is 15.3 Å². The molecule has 2 aromatic carbocycles. The largest absolute Gasteiger partial charge is 0.381 e. The lowest BCUT2D eigenvalue weighted by Crippen LogP contribution is -2.41. The minimum Gasteiger partial charge on any atom is -0.381 e. The Morgan fingerprint density at radius 3 is 2.86 bits per heavy atom. The van der Waals surface area contributed by atoms with E-state index in [-0.39, 0.29) is 5.82 Å². The number of fused-ring (bicyclic) bond motifs is 3. The Bertz CT molecular complexity index is 641. The maximum atomic E-state index is 13.5. The second-order valence-corrected chi connectivity index (χ2v) is 6.10. The van der Waals surface area contributed by atoms with Crippen LogP contribution in [0.25, 0.3) is 0 Å². The van der Waals surface area contributed by atoms with Gasteiger partial charge in [0.15, 0.2) is 0 Å². The normalized spacial score (nSPS) is 24.2. The van der Waals surface area contributed by atoms with Crippen molar-refractivity contribution in [3.05, 3.63) is 65.5 Å². The summed E-state index contributed by atoms with van der Waals surface area (Å²) in [6.45, 7) is 3.08. The molecule has 108 valence electrons. The van der Waals surface area contributed by atoms with E-state index in [2.05, 4.69) is 40.5 Å². The van der Waals surface area contributed by atoms with E-state index < -0.39 is 0 Å². The third-order valence-electron chi connectivity index (χ3n) is 4.70. The molecule has 2 nitrogen and oxygen atoms in total. The number of hydrogen-bond donors (Lipinski definition) is 1. The summed E-state index contributed by atoms with van der Waals surface area (Å²) in [5, 5.41) is 3.55. The lowest BCUT2D eigenvalue weighted by Gasteiger charge is -2.35. The van der Waals surface area contributed by atoms with Gasteiger partial charge in [-0.25, -0.2) is 4.39 Å². The van der Waals surface area contributed by atoms with Crippen molar-refractivity contribution >= 4 is 5.69 Å². The van der Waals surface area contributed by atoms with E-state index in [1.807, 2.05) is 6.07 Å². The summed E-state index contributed by atoms with van der Waals surface area (Å²) < 4.78 is 13.5. The Balaban J connectivity index is 1.53. The number of nitrogens with one attached hydrogen (secondary N) is 1. The van der Waals surface area contributed by atoms with Crippen molar-refractivity contribution in [2.45, 2.75) is 24.9 Å². The Hall–Kier alpha value is -1.87. The van der Waals surface area contributed by atoms with Gasteiger partial charge < -0.3 is 5.32 Å². The molecule has 1 fully saturated rings. The summed E-state index contributed by atoms with van der Waals surface area (Å²) in [6, 6.07) is 16.2. The minimum atomic E-state index is -0.128. The van der Waals surface area contributed by atoms with Crippen molar-refractivity contribution in [3.63, 3.8) is 0 Å². The number of anilines is 1. The zero-order valence-corrected chi connectivity index (χ0v) is 11.9. The molecule has 21 heavy (non-hydrogen) atoms. The molecule has 0 spiro atoms. The van der Waals surface area contributed by atoms with Crippen LogP contribution in [0.3, 0.4) is 0 Å². The lowest BCUT2D eigenvalue weighted by atomic mass is 9.89. The van der Waals surface area contributed by atoms with Gasteiger partial charge in [-0.1, -0.05) is 30.3 Å². The molecule has 2 atom stereocenters. The molecule has 0 amide bonds. The van der Waals surface area contributed by atoms with E-state index in [9.17, 15) is 4.39 Å². The molecule has 2 aliphatic heterocycles. The summed E-state index contributed by atoms with van der Waals surface area (Å²) in [5.74, 6) is 0.282. The van der Waals surface area contributed by atoms with Crippen molar-refractivity contribution in [3.8, 4) is 0 Å². The van der Waals surface area contributed by atoms with Gasteiger partial charge in [-0.3, -0.25) is 4.90 Å². The van der Waals surface area contributed by atoms with Crippen molar-refractivity contribution in [2.24, 2.45) is 0 Å². The van der Waals surface area contributed by atoms with Crippen LogP contribution in [0, 0.1) is 5.82 Å². The van der Waals surface area contributed by atoms with Crippen LogP contribution < -0.4 is 5.32 Å². The summed E-state index contributed by atoms with van der Waals surface area (Å²) in [5.41, 5.74) is 3.62. The standard InChI is InChI=1S/C18H19FN2/c19-14-6-7-17-15(10-14)16-12-21(9-8-18(16)20-17)11-13-4-2-1-3-5-13/h1-7,10,16,18,20H,8-9,11-12H2/t16-,18+/m1/s1. The zero-order chi connectivity index (χ0) is 14.2. The van der Waals surface area contributed by atoms with Crippen LogP contribution in [0.1, 0.15) is 23.5 Å². The molecule has 2 aromatic rings. The van der Waals surface area contributed by atoms with Gasteiger partial charge in [0.05, 0.1) is 0 Å². The molecular weight excluding hydrogens is 263 g/mol. The highest BCUT2D eigenvalue weighted by Crippen LogP contribution is 2.40. The van der Waals surface area contributed by atoms with Crippen LogP contribution in [0.4, 0.5) is 10.1 Å². The van der Waals surface area contributed by atoms with E-state index in [1.165, 1.54) is 5.56 Å². The molecule has 0 aromatic heterocycles. The molecule has 0 aliphatic carbocycles. The molecule has 1 N–H and O–H groups in total. The van der Waals surface area contributed by atoms with Crippen molar-refractivity contribution in [1.29, 1.82) is 0 Å². The quantitative estimate of drug-likeness (QED) is 0.905. The fraction of sp³-hybridized carbons (Fsp3) is 0.333. The highest BCUT2D eigenvalue weighted by Gasteiger charge is 2.36. The molecule has 1 saturated heterocycles. The van der Waals surface area contributed by atoms with Crippen LogP contribution in [0.5, 0.6) is 0 Å². The maximum Gasteiger partial charge on any atom is 0.123 e. The van der Waals surface area contributed by atoms with Gasteiger partial charge in [-0.15, -0.1) is 0 Å². The highest BCUT2D eigenvalue weighted by molar-refractivity contribution is 5.60. The average Bonchev–Trinajstić information content (AvgIpc) is 2.86. The van der Waals surface area contributed by atoms with Crippen molar-refractivity contribution < 1.29 is 4.39 Å². The summed E-state index contributed by atoms with van der Waals surface area (Å²) in [7, 11) is 0. The number of hydrogen-bond acceptors (Lipinski definition) is 2. The number of nitrogens with zero attached hydrogens (tertiary/aromatic N) is 1. The molecule has 0 bridgehead atoms. The second-order valence-electron chi connectivity index (χ2n) is 6.10. The first-order valence-corrected chi connectivity index (χ1v) is 7.62. The van der Waals surface area contributed by atoms with Crippen LogP contribution >= 0.6 is 0 Å². The molecule has 0 saturated carbocycles. The smallest absolute Gasteiger partial charge is 0.123 e. The Kier molecular flexibility index (Phi) is 3.15. The van der Waals surface area contributed by atoms with Crippen LogP contribution in [-0.4, -0.2) is 24.0 Å². The first-order chi connectivity index (χ1) is 10.3. The van der Waals surface area contributed by atoms with E-state index in [0.29, 0.717) is 12.0 Å². The number of likely N-dealkylation sites (tertiary alicyclic amines) is 1. The highest BCUT2D eigenvalue weighted by atomic mass is 19.1. The first kappa shape index (κ1) is 12.8. The van der Waals surface area contributed by atoms with Gasteiger partial charge in [0.1, 0.15) is 5.82 Å². The summed E-state index contributed by atoms with van der Waals surface area (Å²) >= 11 is 0. The summed E-state index contributed by atoms with van der Waals surface area (Å²) in [6.07, 6.45) is 1.12.